The molecule has 2 aromatic carbocycles. The average molecular weight is 406 g/mol. The van der Waals surface area contributed by atoms with Gasteiger partial charge in [-0.05, 0) is 55.1 Å². The second-order valence-electron chi connectivity index (χ2n) is 6.43. The fourth-order valence-electron chi connectivity index (χ4n) is 2.76. The number of rotatable bonds is 5. The van der Waals surface area contributed by atoms with Crippen molar-refractivity contribution >= 4 is 45.9 Å². The molecular formula is C20H18N6O2S. The summed E-state index contributed by atoms with van der Waals surface area (Å²) >= 11 is 1.38. The SMILES string of the molecule is CC(=O)Nc1ccc(Sc2nc(Nc3cc(C)[nH]n3)c3ccc(O)cc3n2)cc1. The Morgan fingerprint density at radius 2 is 1.90 bits per heavy atom. The minimum atomic E-state index is -0.118. The van der Waals surface area contributed by atoms with Gasteiger partial charge < -0.3 is 15.7 Å². The number of carbonyl (C=O) groups excluding carboxylic acids is 1. The molecule has 0 fully saturated rings. The van der Waals surface area contributed by atoms with Gasteiger partial charge in [0.1, 0.15) is 11.6 Å². The van der Waals surface area contributed by atoms with Gasteiger partial charge in [0, 0.05) is 40.7 Å². The van der Waals surface area contributed by atoms with Gasteiger partial charge in [-0.15, -0.1) is 0 Å². The summed E-state index contributed by atoms with van der Waals surface area (Å²) in [6.07, 6.45) is 0. The molecule has 0 unspecified atom stereocenters. The van der Waals surface area contributed by atoms with E-state index in [1.165, 1.54) is 18.7 Å². The van der Waals surface area contributed by atoms with Crippen LogP contribution in [0.15, 0.2) is 58.6 Å². The van der Waals surface area contributed by atoms with Crippen LogP contribution >= 0.6 is 11.8 Å². The van der Waals surface area contributed by atoms with E-state index in [1.807, 2.05) is 37.3 Å². The fourth-order valence-corrected chi connectivity index (χ4v) is 3.52. The quantitative estimate of drug-likeness (QED) is 0.367. The maximum Gasteiger partial charge on any atom is 0.221 e. The van der Waals surface area contributed by atoms with Crippen LogP contribution in [0.25, 0.3) is 10.9 Å². The van der Waals surface area contributed by atoms with Gasteiger partial charge in [-0.1, -0.05) is 0 Å². The summed E-state index contributed by atoms with van der Waals surface area (Å²) in [6, 6.07) is 14.3. The van der Waals surface area contributed by atoms with Crippen molar-refractivity contribution in [3.63, 3.8) is 0 Å². The Hall–Kier alpha value is -3.59. The first kappa shape index (κ1) is 18.8. The lowest BCUT2D eigenvalue weighted by molar-refractivity contribution is -0.114. The lowest BCUT2D eigenvalue weighted by Gasteiger charge is -2.10. The number of fused-ring (bicyclic) bond motifs is 1. The third kappa shape index (κ3) is 4.46. The molecule has 4 rings (SSSR count). The predicted octanol–water partition coefficient (Wildman–Crippen LogP) is 4.22. The molecule has 9 heteroatoms. The zero-order valence-corrected chi connectivity index (χ0v) is 16.5. The first-order valence-electron chi connectivity index (χ1n) is 8.81. The van der Waals surface area contributed by atoms with E-state index in [4.69, 9.17) is 0 Å². The number of benzene rings is 2. The standard InChI is InChI=1S/C20H18N6O2S/c1-11-9-18(26-25-11)23-19-16-8-5-14(28)10-17(16)22-20(24-19)29-15-6-3-13(4-7-15)21-12(2)27/h3-10,28H,1-2H3,(H,21,27)(H2,22,23,24,25,26). The second-order valence-corrected chi connectivity index (χ2v) is 7.47. The smallest absolute Gasteiger partial charge is 0.221 e. The van der Waals surface area contributed by atoms with Crippen molar-refractivity contribution in [2.75, 3.05) is 10.6 Å². The van der Waals surface area contributed by atoms with E-state index in [9.17, 15) is 9.90 Å². The lowest BCUT2D eigenvalue weighted by atomic mass is 10.2. The molecule has 0 radical (unpaired) electrons. The highest BCUT2D eigenvalue weighted by Gasteiger charge is 2.11. The van der Waals surface area contributed by atoms with Gasteiger partial charge in [-0.3, -0.25) is 9.89 Å². The number of anilines is 3. The number of hydrogen-bond donors (Lipinski definition) is 4. The number of phenolic OH excluding ortho intramolecular Hbond substituents is 1. The summed E-state index contributed by atoms with van der Waals surface area (Å²) in [7, 11) is 0. The summed E-state index contributed by atoms with van der Waals surface area (Å²) in [4.78, 5) is 21.3. The molecule has 2 heterocycles. The first-order chi connectivity index (χ1) is 14.0. The van der Waals surface area contributed by atoms with Crippen LogP contribution in [0, 0.1) is 6.92 Å². The molecule has 0 aliphatic carbocycles. The molecule has 4 aromatic rings. The van der Waals surface area contributed by atoms with Crippen LogP contribution in [0.5, 0.6) is 5.75 Å². The Morgan fingerprint density at radius 3 is 2.59 bits per heavy atom. The fraction of sp³-hybridized carbons (Fsp3) is 0.100. The third-order valence-corrected chi connectivity index (χ3v) is 4.87. The van der Waals surface area contributed by atoms with Crippen molar-refractivity contribution in [3.8, 4) is 5.75 Å². The number of aromatic nitrogens is 4. The highest BCUT2D eigenvalue weighted by atomic mass is 32.2. The van der Waals surface area contributed by atoms with E-state index in [0.717, 1.165) is 21.7 Å². The summed E-state index contributed by atoms with van der Waals surface area (Å²) in [6.45, 7) is 3.39. The molecule has 0 atom stereocenters. The van der Waals surface area contributed by atoms with Crippen molar-refractivity contribution < 1.29 is 9.90 Å². The zero-order valence-electron chi connectivity index (χ0n) is 15.7. The summed E-state index contributed by atoms with van der Waals surface area (Å²) < 4.78 is 0. The van der Waals surface area contributed by atoms with E-state index in [2.05, 4.69) is 30.8 Å². The molecule has 146 valence electrons. The molecule has 1 amide bonds. The number of amides is 1. The number of aromatic amines is 1. The molecule has 29 heavy (non-hydrogen) atoms. The van der Waals surface area contributed by atoms with Gasteiger partial charge in [-0.25, -0.2) is 9.97 Å². The van der Waals surface area contributed by atoms with Crippen molar-refractivity contribution in [1.29, 1.82) is 0 Å². The highest BCUT2D eigenvalue weighted by molar-refractivity contribution is 7.99. The molecule has 0 saturated carbocycles. The maximum absolute atomic E-state index is 11.2. The van der Waals surface area contributed by atoms with Crippen LogP contribution in [0.2, 0.25) is 0 Å². The molecule has 0 aliphatic rings. The molecule has 8 nitrogen and oxygen atoms in total. The van der Waals surface area contributed by atoms with E-state index in [0.29, 0.717) is 22.3 Å². The van der Waals surface area contributed by atoms with E-state index in [-0.39, 0.29) is 11.7 Å². The largest absolute Gasteiger partial charge is 0.508 e. The molecule has 4 N–H and O–H groups in total. The highest BCUT2D eigenvalue weighted by Crippen LogP contribution is 2.32. The van der Waals surface area contributed by atoms with Crippen LogP contribution in [0.4, 0.5) is 17.3 Å². The van der Waals surface area contributed by atoms with Gasteiger partial charge in [0.2, 0.25) is 5.91 Å². The average Bonchev–Trinajstić information content (AvgIpc) is 3.07. The Morgan fingerprint density at radius 1 is 1.10 bits per heavy atom. The first-order valence-corrected chi connectivity index (χ1v) is 9.63. The summed E-state index contributed by atoms with van der Waals surface area (Å²) in [5.74, 6) is 1.26. The van der Waals surface area contributed by atoms with Crippen LogP contribution < -0.4 is 10.6 Å². The van der Waals surface area contributed by atoms with Crippen molar-refractivity contribution in [2.24, 2.45) is 0 Å². The second kappa shape index (κ2) is 7.80. The van der Waals surface area contributed by atoms with E-state index >= 15 is 0 Å². The predicted molar refractivity (Wildman–Crippen MR) is 113 cm³/mol. The molecule has 0 bridgehead atoms. The molecule has 0 spiro atoms. The van der Waals surface area contributed by atoms with Gasteiger partial charge >= 0.3 is 0 Å². The lowest BCUT2D eigenvalue weighted by Crippen LogP contribution is -2.05. The molecule has 0 aliphatic heterocycles. The summed E-state index contributed by atoms with van der Waals surface area (Å²) in [5, 5.41) is 24.2. The number of H-pyrrole nitrogens is 1. The third-order valence-electron chi connectivity index (χ3n) is 4.00. The van der Waals surface area contributed by atoms with Crippen LogP contribution in [-0.4, -0.2) is 31.2 Å². The molecule has 0 saturated heterocycles. The Labute approximate surface area is 170 Å². The van der Waals surface area contributed by atoms with Crippen molar-refractivity contribution in [3.05, 3.63) is 54.2 Å². The topological polar surface area (TPSA) is 116 Å². The zero-order chi connectivity index (χ0) is 20.4. The minimum Gasteiger partial charge on any atom is -0.508 e. The number of carbonyl (C=O) groups is 1. The van der Waals surface area contributed by atoms with Gasteiger partial charge in [0.05, 0.1) is 5.52 Å². The monoisotopic (exact) mass is 406 g/mol. The van der Waals surface area contributed by atoms with Crippen LogP contribution in [-0.2, 0) is 4.79 Å². The Bertz CT molecular complexity index is 1190. The number of phenols is 1. The van der Waals surface area contributed by atoms with Crippen LogP contribution in [0.3, 0.4) is 0 Å². The maximum atomic E-state index is 11.2. The van der Waals surface area contributed by atoms with E-state index < -0.39 is 0 Å². The summed E-state index contributed by atoms with van der Waals surface area (Å²) in [5.41, 5.74) is 2.27. The minimum absolute atomic E-state index is 0.118. The Kier molecular flexibility index (Phi) is 5.05. The Balaban J connectivity index is 1.67. The molecular weight excluding hydrogens is 388 g/mol. The van der Waals surface area contributed by atoms with Crippen LogP contribution in [0.1, 0.15) is 12.6 Å². The molecule has 2 aromatic heterocycles. The number of aryl methyl sites for hydroxylation is 1. The van der Waals surface area contributed by atoms with Gasteiger partial charge in [-0.2, -0.15) is 5.10 Å². The number of nitrogens with one attached hydrogen (secondary N) is 3. The number of aromatic hydroxyl groups is 1. The van der Waals surface area contributed by atoms with Crippen molar-refractivity contribution in [1.82, 2.24) is 20.2 Å². The van der Waals surface area contributed by atoms with E-state index in [1.54, 1.807) is 18.2 Å². The van der Waals surface area contributed by atoms with Gasteiger partial charge in [0.25, 0.3) is 0 Å². The normalized spacial score (nSPS) is 10.8. The number of hydrogen-bond acceptors (Lipinski definition) is 7. The van der Waals surface area contributed by atoms with Gasteiger partial charge in [0.15, 0.2) is 11.0 Å². The van der Waals surface area contributed by atoms with Crippen molar-refractivity contribution in [2.45, 2.75) is 23.9 Å². The number of nitrogens with zero attached hydrogens (tertiary/aromatic N) is 3.